The molecule has 1 heterocycles. The Hall–Kier alpha value is -4.37. The number of hydrogen-bond acceptors (Lipinski definition) is 6. The Bertz CT molecular complexity index is 1480. The minimum absolute atomic E-state index is 0.00618. The molecule has 2 N–H and O–H groups in total. The summed E-state index contributed by atoms with van der Waals surface area (Å²) in [5, 5.41) is 13.4. The lowest BCUT2D eigenvalue weighted by molar-refractivity contribution is -0.286. The van der Waals surface area contributed by atoms with Gasteiger partial charge in [-0.25, -0.2) is 0 Å². The molecule has 5 rings (SSSR count). The summed E-state index contributed by atoms with van der Waals surface area (Å²) in [6.45, 7) is 1.62. The van der Waals surface area contributed by atoms with E-state index in [1.165, 1.54) is 17.0 Å². The van der Waals surface area contributed by atoms with Crippen LogP contribution < -0.4 is 19.5 Å². The van der Waals surface area contributed by atoms with Crippen molar-refractivity contribution in [3.8, 4) is 23.0 Å². The van der Waals surface area contributed by atoms with Crippen molar-refractivity contribution in [1.29, 1.82) is 0 Å². The van der Waals surface area contributed by atoms with Crippen molar-refractivity contribution in [2.75, 3.05) is 33.8 Å². The molecule has 3 aromatic carbocycles. The van der Waals surface area contributed by atoms with Crippen LogP contribution in [0.25, 0.3) is 11.1 Å². The Kier molecular flexibility index (Phi) is 8.26. The van der Waals surface area contributed by atoms with E-state index < -0.39 is 6.29 Å². The molecule has 2 aliphatic rings. The van der Waals surface area contributed by atoms with Crippen molar-refractivity contribution >= 4 is 17.1 Å². The molecular weight excluding hydrogens is 530 g/mol. The topological polar surface area (TPSA) is 80.3 Å². The number of allylic oxidation sites excluding steroid dienone is 1. The summed E-state index contributed by atoms with van der Waals surface area (Å²) >= 11 is 0. The number of carbonyl (C=O) groups is 1. The van der Waals surface area contributed by atoms with E-state index in [4.69, 9.17) is 9.47 Å². The molecule has 0 aromatic heterocycles. The number of hydrogen-bond donors (Lipinski definition) is 2. The maximum atomic E-state index is 13.7. The predicted molar refractivity (Wildman–Crippen MR) is 152 cm³/mol. The van der Waals surface area contributed by atoms with E-state index in [9.17, 15) is 18.7 Å². The number of fused-ring (bicyclic) bond motifs is 2. The Balaban J connectivity index is 1.37. The first kappa shape index (κ1) is 28.2. The molecule has 3 aromatic rings. The molecule has 0 saturated heterocycles. The summed E-state index contributed by atoms with van der Waals surface area (Å²) in [6, 6.07) is 18.0. The number of aryl methyl sites for hydroxylation is 1. The average Bonchev–Trinajstić information content (AvgIpc) is 3.13. The zero-order valence-corrected chi connectivity index (χ0v) is 23.0. The first-order valence-electron chi connectivity index (χ1n) is 13.5. The van der Waals surface area contributed by atoms with Crippen LogP contribution >= 0.6 is 0 Å². The first-order valence-corrected chi connectivity index (χ1v) is 13.5. The van der Waals surface area contributed by atoms with Gasteiger partial charge in [-0.1, -0.05) is 30.3 Å². The molecule has 1 aliphatic heterocycles. The Morgan fingerprint density at radius 1 is 1.02 bits per heavy atom. The van der Waals surface area contributed by atoms with Gasteiger partial charge in [-0.05, 0) is 89.1 Å². The van der Waals surface area contributed by atoms with Crippen molar-refractivity contribution in [3.63, 3.8) is 0 Å². The van der Waals surface area contributed by atoms with E-state index in [1.807, 2.05) is 30.3 Å². The van der Waals surface area contributed by atoms with Crippen LogP contribution in [-0.4, -0.2) is 56.0 Å². The number of nitrogens with zero attached hydrogens (tertiary/aromatic N) is 1. The van der Waals surface area contributed by atoms with E-state index in [2.05, 4.69) is 10.1 Å². The number of benzene rings is 3. The van der Waals surface area contributed by atoms with Crippen molar-refractivity contribution < 1.29 is 32.9 Å². The molecule has 214 valence electrons. The van der Waals surface area contributed by atoms with Crippen LogP contribution in [0.15, 0.2) is 72.8 Å². The molecule has 1 aliphatic carbocycles. The van der Waals surface area contributed by atoms with Crippen molar-refractivity contribution in [2.45, 2.75) is 25.6 Å². The largest absolute Gasteiger partial charge is 0.586 e. The Morgan fingerprint density at radius 2 is 1.78 bits per heavy atom. The van der Waals surface area contributed by atoms with E-state index in [0.717, 1.165) is 46.2 Å². The maximum Gasteiger partial charge on any atom is 0.586 e. The lowest BCUT2D eigenvalue weighted by atomic mass is 9.87. The lowest BCUT2D eigenvalue weighted by Gasteiger charge is -2.17. The Labute approximate surface area is 237 Å². The number of likely N-dealkylation sites (N-methyl/N-ethyl adjacent to an activating group) is 1. The average molecular weight is 563 g/mol. The molecule has 0 saturated carbocycles. The molecular formula is C32H32F2N2O5. The third kappa shape index (κ3) is 6.69. The van der Waals surface area contributed by atoms with Gasteiger partial charge >= 0.3 is 6.29 Å². The summed E-state index contributed by atoms with van der Waals surface area (Å²) in [6.07, 6.45) is 1.93. The summed E-state index contributed by atoms with van der Waals surface area (Å²) in [4.78, 5) is 13.1. The zero-order chi connectivity index (χ0) is 29.0. The number of nitrogens with one attached hydrogen (secondary N) is 1. The van der Waals surface area contributed by atoms with Gasteiger partial charge in [-0.3, -0.25) is 4.79 Å². The van der Waals surface area contributed by atoms with Crippen LogP contribution in [0, 0.1) is 0 Å². The molecule has 0 radical (unpaired) electrons. The van der Waals surface area contributed by atoms with Crippen LogP contribution in [-0.2, 0) is 11.2 Å². The summed E-state index contributed by atoms with van der Waals surface area (Å²) in [5.74, 6) is 0.866. The van der Waals surface area contributed by atoms with Gasteiger partial charge in [0, 0.05) is 33.3 Å². The minimum atomic E-state index is -3.68. The highest BCUT2D eigenvalue weighted by Crippen LogP contribution is 2.46. The van der Waals surface area contributed by atoms with Gasteiger partial charge in [0.25, 0.3) is 0 Å². The summed E-state index contributed by atoms with van der Waals surface area (Å²) in [5.41, 5.74) is 5.68. The van der Waals surface area contributed by atoms with Gasteiger partial charge in [0.2, 0.25) is 5.91 Å². The van der Waals surface area contributed by atoms with Crippen molar-refractivity contribution in [2.24, 2.45) is 0 Å². The number of carbonyl (C=O) groups excluding carboxylic acids is 1. The fraction of sp³-hybridized carbons (Fsp3) is 0.281. The van der Waals surface area contributed by atoms with E-state index in [0.29, 0.717) is 31.9 Å². The van der Waals surface area contributed by atoms with Gasteiger partial charge in [-0.2, -0.15) is 0 Å². The zero-order valence-electron chi connectivity index (χ0n) is 23.0. The number of halogens is 2. The molecule has 1 amide bonds. The number of amides is 1. The maximum absolute atomic E-state index is 13.7. The molecule has 0 unspecified atom stereocenters. The molecule has 7 nitrogen and oxygen atoms in total. The highest BCUT2D eigenvalue weighted by Gasteiger charge is 2.43. The molecule has 9 heteroatoms. The third-order valence-electron chi connectivity index (χ3n) is 6.94. The molecule has 0 atom stereocenters. The fourth-order valence-electron chi connectivity index (χ4n) is 4.98. The molecule has 0 bridgehead atoms. The van der Waals surface area contributed by atoms with Crippen LogP contribution in [0.5, 0.6) is 23.0 Å². The number of alkyl halides is 2. The third-order valence-corrected chi connectivity index (χ3v) is 6.94. The normalized spacial score (nSPS) is 15.5. The summed E-state index contributed by atoms with van der Waals surface area (Å²) in [7, 11) is 3.41. The second-order valence-corrected chi connectivity index (χ2v) is 10.1. The van der Waals surface area contributed by atoms with Crippen LogP contribution in [0.4, 0.5) is 8.78 Å². The number of phenols is 1. The van der Waals surface area contributed by atoms with Crippen LogP contribution in [0.3, 0.4) is 0 Å². The van der Waals surface area contributed by atoms with Gasteiger partial charge in [-0.15, -0.1) is 8.78 Å². The van der Waals surface area contributed by atoms with Crippen LogP contribution in [0.2, 0.25) is 0 Å². The van der Waals surface area contributed by atoms with Crippen LogP contribution in [0.1, 0.15) is 35.1 Å². The number of ether oxygens (including phenoxy) is 3. The SMILES string of the molecule is CN(C)C(=O)/C=C/CNCCOc1ccc(C2=C(c3ccc4c(c3)OC(F)(F)O4)CCCc3cc(O)ccc32)cc1. The fourth-order valence-corrected chi connectivity index (χ4v) is 4.98. The van der Waals surface area contributed by atoms with E-state index in [-0.39, 0.29) is 23.2 Å². The standard InChI is InChI=1S/C32H32F2N2O5/c1-36(2)30(38)7-4-16-35-17-18-39-25-12-8-21(9-13-25)31-26(6-3-5-22-19-24(37)11-14-27(22)31)23-10-15-28-29(20-23)41-32(33,34)40-28/h4,7-15,19-20,35,37H,3,5-6,16-18H2,1-2H3/b7-4+. The molecule has 0 spiro atoms. The van der Waals surface area contributed by atoms with Gasteiger partial charge < -0.3 is 29.5 Å². The van der Waals surface area contributed by atoms with E-state index >= 15 is 0 Å². The number of phenolic OH excluding ortho intramolecular Hbond substituents is 1. The van der Waals surface area contributed by atoms with Gasteiger partial charge in [0.05, 0.1) is 0 Å². The quantitative estimate of drug-likeness (QED) is 0.260. The lowest BCUT2D eigenvalue weighted by Crippen LogP contribution is -2.25. The first-order chi connectivity index (χ1) is 19.7. The molecule has 0 fully saturated rings. The highest BCUT2D eigenvalue weighted by atomic mass is 19.3. The summed E-state index contributed by atoms with van der Waals surface area (Å²) < 4.78 is 42.6. The highest BCUT2D eigenvalue weighted by molar-refractivity contribution is 6.00. The second kappa shape index (κ2) is 12.0. The van der Waals surface area contributed by atoms with E-state index in [1.54, 1.807) is 44.4 Å². The molecule has 41 heavy (non-hydrogen) atoms. The van der Waals surface area contributed by atoms with Crippen molar-refractivity contribution in [1.82, 2.24) is 10.2 Å². The minimum Gasteiger partial charge on any atom is -0.508 e. The smallest absolute Gasteiger partial charge is 0.508 e. The van der Waals surface area contributed by atoms with Crippen molar-refractivity contribution in [3.05, 3.63) is 95.1 Å². The number of rotatable bonds is 9. The predicted octanol–water partition coefficient (Wildman–Crippen LogP) is 5.62. The second-order valence-electron chi connectivity index (χ2n) is 10.1. The number of aromatic hydroxyl groups is 1. The van der Waals surface area contributed by atoms with Gasteiger partial charge in [0.1, 0.15) is 18.1 Å². The van der Waals surface area contributed by atoms with Gasteiger partial charge in [0.15, 0.2) is 11.5 Å². The monoisotopic (exact) mass is 562 g/mol. The Morgan fingerprint density at radius 3 is 2.56 bits per heavy atom.